The van der Waals surface area contributed by atoms with Crippen molar-refractivity contribution < 1.29 is 15.2 Å². The molecule has 0 amide bonds. The minimum Gasteiger partial charge on any atom is -0.221 e. The van der Waals surface area contributed by atoms with Gasteiger partial charge in [0.15, 0.2) is 0 Å². The van der Waals surface area contributed by atoms with Crippen LogP contribution in [0.3, 0.4) is 0 Å². The molecule has 0 bridgehead atoms. The molecule has 0 aromatic heterocycles. The molecular weight excluding hydrogens is 192 g/mol. The predicted octanol–water partition coefficient (Wildman–Crippen LogP) is 4.33. The zero-order valence-corrected chi connectivity index (χ0v) is 10.0. The summed E-state index contributed by atoms with van der Waals surface area (Å²) >= 11 is 0. The highest BCUT2D eigenvalue weighted by Gasteiger charge is 1.92. The van der Waals surface area contributed by atoms with Crippen molar-refractivity contribution in [2.75, 3.05) is 6.61 Å². The molecule has 3 nitrogen and oxygen atoms in total. The molecule has 0 unspecified atom stereocenters. The van der Waals surface area contributed by atoms with Crippen molar-refractivity contribution in [3.63, 3.8) is 0 Å². The van der Waals surface area contributed by atoms with Crippen LogP contribution in [0.2, 0.25) is 0 Å². The average molecular weight is 218 g/mol. The lowest BCUT2D eigenvalue weighted by atomic mass is 10.1. The van der Waals surface area contributed by atoms with Gasteiger partial charge in [-0.2, -0.15) is 0 Å². The normalized spacial score (nSPS) is 10.8. The summed E-state index contributed by atoms with van der Waals surface area (Å²) in [4.78, 5) is 4.36. The maximum atomic E-state index is 7.89. The van der Waals surface area contributed by atoms with Crippen molar-refractivity contribution in [1.82, 2.24) is 0 Å². The van der Waals surface area contributed by atoms with Crippen molar-refractivity contribution in [2.45, 2.75) is 71.1 Å². The number of unbranched alkanes of at least 4 members (excludes halogenated alkanes) is 9. The highest BCUT2D eigenvalue weighted by molar-refractivity contribution is 4.46. The second-order valence-corrected chi connectivity index (χ2v) is 4.08. The lowest BCUT2D eigenvalue weighted by Gasteiger charge is -2.01. The quantitative estimate of drug-likeness (QED) is 0.301. The number of hydrogen-bond acceptors (Lipinski definition) is 3. The lowest BCUT2D eigenvalue weighted by molar-refractivity contribution is -0.490. The molecule has 0 saturated carbocycles. The zero-order valence-electron chi connectivity index (χ0n) is 10.0. The monoisotopic (exact) mass is 218 g/mol. The number of hydrogen-bond donors (Lipinski definition) is 1. The fourth-order valence-electron chi connectivity index (χ4n) is 1.69. The molecule has 0 rings (SSSR count). The first-order chi connectivity index (χ1) is 7.41. The van der Waals surface area contributed by atoms with Crippen LogP contribution >= 0.6 is 0 Å². The summed E-state index contributed by atoms with van der Waals surface area (Å²) in [5.74, 6) is 0. The zero-order chi connectivity index (χ0) is 11.2. The Morgan fingerprint density at radius 3 is 1.67 bits per heavy atom. The molecule has 0 spiro atoms. The van der Waals surface area contributed by atoms with Gasteiger partial charge in [-0.05, 0) is 6.42 Å². The van der Waals surface area contributed by atoms with Gasteiger partial charge in [0.2, 0.25) is 0 Å². The first-order valence-electron chi connectivity index (χ1n) is 6.35. The van der Waals surface area contributed by atoms with Gasteiger partial charge in [-0.3, -0.25) is 0 Å². The van der Waals surface area contributed by atoms with Crippen LogP contribution in [-0.4, -0.2) is 11.9 Å². The molecule has 0 radical (unpaired) electrons. The van der Waals surface area contributed by atoms with Crippen LogP contribution < -0.4 is 0 Å². The fraction of sp³-hybridized carbons (Fsp3) is 1.00. The van der Waals surface area contributed by atoms with Crippen LogP contribution in [0.5, 0.6) is 0 Å². The Balaban J connectivity index is 2.81. The Bertz CT molecular complexity index is 95.0. The van der Waals surface area contributed by atoms with Crippen LogP contribution in [0.15, 0.2) is 0 Å². The third-order valence-electron chi connectivity index (χ3n) is 2.63. The molecule has 0 saturated heterocycles. The first kappa shape index (κ1) is 14.9. The van der Waals surface area contributed by atoms with E-state index in [0.29, 0.717) is 6.61 Å². The van der Waals surface area contributed by atoms with Crippen molar-refractivity contribution in [3.8, 4) is 0 Å². The molecule has 15 heavy (non-hydrogen) atoms. The summed E-state index contributed by atoms with van der Waals surface area (Å²) in [7, 11) is 0. The third kappa shape index (κ3) is 13.9. The lowest BCUT2D eigenvalue weighted by Crippen LogP contribution is -1.92. The summed E-state index contributed by atoms with van der Waals surface area (Å²) in [5, 5.41) is 11.4. The van der Waals surface area contributed by atoms with Crippen LogP contribution in [-0.2, 0) is 9.93 Å². The van der Waals surface area contributed by atoms with Gasteiger partial charge in [0, 0.05) is 0 Å². The number of rotatable bonds is 12. The largest absolute Gasteiger partial charge is 0.221 e. The van der Waals surface area contributed by atoms with Gasteiger partial charge >= 0.3 is 0 Å². The van der Waals surface area contributed by atoms with Crippen molar-refractivity contribution in [3.05, 3.63) is 0 Å². The standard InChI is InChI=1S/C12H26O3/c1-2-3-4-5-6-7-8-9-10-11-12-14-15-13/h13H,2-12H2,1H3. The van der Waals surface area contributed by atoms with Crippen molar-refractivity contribution >= 4 is 0 Å². The van der Waals surface area contributed by atoms with Gasteiger partial charge in [-0.25, -0.2) is 10.1 Å². The summed E-state index contributed by atoms with van der Waals surface area (Å²) in [6, 6.07) is 0. The minimum atomic E-state index is 0.493. The van der Waals surface area contributed by atoms with Crippen molar-refractivity contribution in [2.24, 2.45) is 0 Å². The topological polar surface area (TPSA) is 38.7 Å². The summed E-state index contributed by atoms with van der Waals surface area (Å²) in [6.45, 7) is 2.74. The molecule has 0 aromatic carbocycles. The summed E-state index contributed by atoms with van der Waals surface area (Å²) in [5.41, 5.74) is 0. The van der Waals surface area contributed by atoms with E-state index < -0.39 is 0 Å². The Morgan fingerprint density at radius 2 is 1.20 bits per heavy atom. The summed E-state index contributed by atoms with van der Waals surface area (Å²) in [6.07, 6.45) is 13.0. The second-order valence-electron chi connectivity index (χ2n) is 4.08. The maximum absolute atomic E-state index is 7.89. The minimum absolute atomic E-state index is 0.493. The SMILES string of the molecule is CCCCCCCCCCCCOOO. The van der Waals surface area contributed by atoms with E-state index in [1.165, 1.54) is 57.8 Å². The Morgan fingerprint density at radius 1 is 0.733 bits per heavy atom. The molecule has 0 aromatic rings. The van der Waals surface area contributed by atoms with Gasteiger partial charge in [0.25, 0.3) is 0 Å². The Hall–Kier alpha value is -0.120. The molecule has 0 atom stereocenters. The van der Waals surface area contributed by atoms with Crippen LogP contribution in [0.1, 0.15) is 71.1 Å². The summed E-state index contributed by atoms with van der Waals surface area (Å²) < 4.78 is 0. The van der Waals surface area contributed by atoms with Gasteiger partial charge in [-0.1, -0.05) is 69.7 Å². The molecule has 0 heterocycles. The average Bonchev–Trinajstić information content (AvgIpc) is 2.26. The first-order valence-corrected chi connectivity index (χ1v) is 6.35. The van der Waals surface area contributed by atoms with Crippen LogP contribution in [0.25, 0.3) is 0 Å². The van der Waals surface area contributed by atoms with E-state index in [9.17, 15) is 0 Å². The fourth-order valence-corrected chi connectivity index (χ4v) is 1.69. The van der Waals surface area contributed by atoms with E-state index in [4.69, 9.17) is 5.26 Å². The van der Waals surface area contributed by atoms with Gasteiger partial charge in [-0.15, -0.1) is 0 Å². The van der Waals surface area contributed by atoms with Gasteiger partial charge < -0.3 is 0 Å². The third-order valence-corrected chi connectivity index (χ3v) is 2.63. The second kappa shape index (κ2) is 13.9. The van der Waals surface area contributed by atoms with Crippen molar-refractivity contribution in [1.29, 1.82) is 0 Å². The van der Waals surface area contributed by atoms with E-state index in [1.807, 2.05) is 0 Å². The molecule has 92 valence electrons. The molecule has 0 aliphatic carbocycles. The maximum Gasteiger partial charge on any atom is 0.0853 e. The van der Waals surface area contributed by atoms with E-state index in [-0.39, 0.29) is 0 Å². The predicted molar refractivity (Wildman–Crippen MR) is 61.5 cm³/mol. The highest BCUT2D eigenvalue weighted by Crippen LogP contribution is 2.10. The molecule has 1 N–H and O–H groups in total. The Labute approximate surface area is 93.6 Å². The highest BCUT2D eigenvalue weighted by atomic mass is 17.5. The van der Waals surface area contributed by atoms with Gasteiger partial charge in [0.05, 0.1) is 6.61 Å². The van der Waals surface area contributed by atoms with E-state index in [0.717, 1.165) is 6.42 Å². The molecule has 0 aliphatic rings. The smallest absolute Gasteiger partial charge is 0.0853 e. The molecule has 0 aliphatic heterocycles. The van der Waals surface area contributed by atoms with Crippen LogP contribution in [0, 0.1) is 0 Å². The van der Waals surface area contributed by atoms with E-state index in [1.54, 1.807) is 0 Å². The van der Waals surface area contributed by atoms with Gasteiger partial charge in [0.1, 0.15) is 0 Å². The molecule has 3 heteroatoms. The molecule has 0 fully saturated rings. The van der Waals surface area contributed by atoms with E-state index in [2.05, 4.69) is 16.8 Å². The Kier molecular flexibility index (Phi) is 13.8. The van der Waals surface area contributed by atoms with Crippen LogP contribution in [0.4, 0.5) is 0 Å². The van der Waals surface area contributed by atoms with E-state index >= 15 is 0 Å². The molecular formula is C12H26O3.